The molecule has 0 aromatic carbocycles. The zero-order valence-electron chi connectivity index (χ0n) is 5.90. The molecule has 0 aliphatic heterocycles. The van der Waals surface area contributed by atoms with Gasteiger partial charge in [-0.25, -0.2) is 8.78 Å². The van der Waals surface area contributed by atoms with Crippen LogP contribution in [0, 0.1) is 11.8 Å². The largest absolute Gasteiger partial charge is 0.316 e. The molecule has 0 radical (unpaired) electrons. The molecular weight excluding hydrogens is 136 g/mol. The SMILES string of the molecule is CNC1[C@H]2CC(F)(F)C[C@@H]12. The van der Waals surface area contributed by atoms with Gasteiger partial charge < -0.3 is 5.32 Å². The average Bonchev–Trinajstić information content (AvgIpc) is 2.30. The second-order valence-electron chi connectivity index (χ2n) is 3.41. The third-order valence-electron chi connectivity index (χ3n) is 2.73. The van der Waals surface area contributed by atoms with E-state index in [0.29, 0.717) is 6.04 Å². The summed E-state index contributed by atoms with van der Waals surface area (Å²) >= 11 is 0. The fraction of sp³-hybridized carbons (Fsp3) is 1.00. The standard InChI is InChI=1S/C7H11F2N/c1-10-6-4-2-7(8,9)3-5(4)6/h4-6,10H,2-3H2,1H3/t4-,5+,6?. The average molecular weight is 147 g/mol. The first-order valence-corrected chi connectivity index (χ1v) is 3.69. The highest BCUT2D eigenvalue weighted by molar-refractivity contribution is 5.11. The van der Waals surface area contributed by atoms with E-state index in [2.05, 4.69) is 5.32 Å². The van der Waals surface area contributed by atoms with E-state index >= 15 is 0 Å². The molecule has 0 spiro atoms. The van der Waals surface area contributed by atoms with Crippen molar-refractivity contribution < 1.29 is 8.78 Å². The van der Waals surface area contributed by atoms with Crippen LogP contribution in [0.1, 0.15) is 12.8 Å². The molecule has 2 aliphatic rings. The summed E-state index contributed by atoms with van der Waals surface area (Å²) in [5.41, 5.74) is 0. The van der Waals surface area contributed by atoms with E-state index in [4.69, 9.17) is 0 Å². The minimum absolute atomic E-state index is 0.114. The van der Waals surface area contributed by atoms with Gasteiger partial charge in [-0.05, 0) is 18.9 Å². The van der Waals surface area contributed by atoms with Gasteiger partial charge in [-0.2, -0.15) is 0 Å². The third-order valence-corrected chi connectivity index (χ3v) is 2.73. The van der Waals surface area contributed by atoms with Crippen molar-refractivity contribution in [2.75, 3.05) is 7.05 Å². The Bertz CT molecular complexity index is 144. The first-order valence-electron chi connectivity index (χ1n) is 3.69. The van der Waals surface area contributed by atoms with Gasteiger partial charge in [0, 0.05) is 18.9 Å². The second-order valence-corrected chi connectivity index (χ2v) is 3.41. The Morgan fingerprint density at radius 1 is 1.30 bits per heavy atom. The molecule has 0 saturated heterocycles. The van der Waals surface area contributed by atoms with Gasteiger partial charge in [-0.15, -0.1) is 0 Å². The molecule has 2 rings (SSSR count). The smallest absolute Gasteiger partial charge is 0.248 e. The number of rotatable bonds is 1. The maximum atomic E-state index is 12.5. The molecule has 58 valence electrons. The summed E-state index contributed by atoms with van der Waals surface area (Å²) in [5.74, 6) is -1.79. The molecule has 1 nitrogen and oxygen atoms in total. The fourth-order valence-corrected chi connectivity index (χ4v) is 2.20. The summed E-state index contributed by atoms with van der Waals surface area (Å²) in [7, 11) is 1.85. The zero-order chi connectivity index (χ0) is 7.35. The van der Waals surface area contributed by atoms with Crippen LogP contribution in [0.4, 0.5) is 8.78 Å². The Labute approximate surface area is 58.8 Å². The molecule has 2 aliphatic carbocycles. The van der Waals surface area contributed by atoms with Gasteiger partial charge in [0.2, 0.25) is 5.92 Å². The highest BCUT2D eigenvalue weighted by Gasteiger charge is 2.62. The Morgan fingerprint density at radius 2 is 1.80 bits per heavy atom. The molecule has 3 atom stereocenters. The van der Waals surface area contributed by atoms with Crippen LogP contribution in [0.5, 0.6) is 0 Å². The lowest BCUT2D eigenvalue weighted by atomic mass is 10.2. The van der Waals surface area contributed by atoms with Crippen molar-refractivity contribution in [1.82, 2.24) is 5.32 Å². The van der Waals surface area contributed by atoms with E-state index in [9.17, 15) is 8.78 Å². The van der Waals surface area contributed by atoms with E-state index in [0.717, 1.165) is 0 Å². The van der Waals surface area contributed by atoms with Crippen LogP contribution in [0.3, 0.4) is 0 Å². The molecule has 0 amide bonds. The predicted octanol–water partition coefficient (Wildman–Crippen LogP) is 1.25. The number of alkyl halides is 2. The number of fused-ring (bicyclic) bond motifs is 1. The van der Waals surface area contributed by atoms with Crippen LogP contribution >= 0.6 is 0 Å². The summed E-state index contributed by atoms with van der Waals surface area (Å²) in [5, 5.41) is 3.05. The van der Waals surface area contributed by atoms with Crippen molar-refractivity contribution in [3.8, 4) is 0 Å². The van der Waals surface area contributed by atoms with Crippen molar-refractivity contribution >= 4 is 0 Å². The number of nitrogens with one attached hydrogen (secondary N) is 1. The van der Waals surface area contributed by atoms with Gasteiger partial charge in [0.05, 0.1) is 0 Å². The molecule has 0 aromatic rings. The van der Waals surface area contributed by atoms with Gasteiger partial charge in [0.25, 0.3) is 0 Å². The van der Waals surface area contributed by atoms with E-state index < -0.39 is 5.92 Å². The topological polar surface area (TPSA) is 12.0 Å². The summed E-state index contributed by atoms with van der Waals surface area (Å²) < 4.78 is 25.0. The Hall–Kier alpha value is -0.180. The van der Waals surface area contributed by atoms with Gasteiger partial charge in [0.15, 0.2) is 0 Å². The number of hydrogen-bond acceptors (Lipinski definition) is 1. The van der Waals surface area contributed by atoms with Gasteiger partial charge in [0.1, 0.15) is 0 Å². The molecule has 3 heteroatoms. The first-order chi connectivity index (χ1) is 4.64. The van der Waals surface area contributed by atoms with Crippen LogP contribution in [0.15, 0.2) is 0 Å². The Morgan fingerprint density at radius 3 is 2.20 bits per heavy atom. The van der Waals surface area contributed by atoms with Crippen molar-refractivity contribution in [1.29, 1.82) is 0 Å². The van der Waals surface area contributed by atoms with Crippen molar-refractivity contribution in [2.24, 2.45) is 11.8 Å². The molecule has 2 saturated carbocycles. The summed E-state index contributed by atoms with van der Waals surface area (Å²) in [6, 6.07) is 0.402. The van der Waals surface area contributed by atoms with Crippen LogP contribution < -0.4 is 5.32 Å². The third kappa shape index (κ3) is 0.764. The Kier molecular flexibility index (Phi) is 1.11. The molecule has 10 heavy (non-hydrogen) atoms. The van der Waals surface area contributed by atoms with Gasteiger partial charge in [-0.3, -0.25) is 0 Å². The van der Waals surface area contributed by atoms with E-state index in [1.54, 1.807) is 0 Å². The lowest BCUT2D eigenvalue weighted by molar-refractivity contribution is -0.00599. The summed E-state index contributed by atoms with van der Waals surface area (Å²) in [6.07, 6.45) is 0.229. The summed E-state index contributed by atoms with van der Waals surface area (Å²) in [4.78, 5) is 0. The lowest BCUT2D eigenvalue weighted by Gasteiger charge is -2.11. The van der Waals surface area contributed by atoms with Crippen LogP contribution in [-0.4, -0.2) is 19.0 Å². The molecule has 0 heterocycles. The van der Waals surface area contributed by atoms with E-state index in [1.807, 2.05) is 7.05 Å². The molecule has 0 bridgehead atoms. The van der Waals surface area contributed by atoms with Crippen molar-refractivity contribution in [3.63, 3.8) is 0 Å². The highest BCUT2D eigenvalue weighted by atomic mass is 19.3. The normalized spacial score (nSPS) is 48.9. The zero-order valence-corrected chi connectivity index (χ0v) is 5.90. The second kappa shape index (κ2) is 1.70. The number of hydrogen-bond donors (Lipinski definition) is 1. The fourth-order valence-electron chi connectivity index (χ4n) is 2.20. The van der Waals surface area contributed by atoms with Crippen molar-refractivity contribution in [2.45, 2.75) is 24.8 Å². The molecule has 1 unspecified atom stereocenters. The molecule has 1 N–H and O–H groups in total. The number of halogens is 2. The molecule has 0 aromatic heterocycles. The van der Waals surface area contributed by atoms with Gasteiger partial charge >= 0.3 is 0 Å². The maximum Gasteiger partial charge on any atom is 0.248 e. The first kappa shape index (κ1) is 6.53. The van der Waals surface area contributed by atoms with Crippen molar-refractivity contribution in [3.05, 3.63) is 0 Å². The van der Waals surface area contributed by atoms with Crippen LogP contribution in [-0.2, 0) is 0 Å². The minimum atomic E-state index is -2.34. The predicted molar refractivity (Wildman–Crippen MR) is 34.0 cm³/mol. The summed E-state index contributed by atoms with van der Waals surface area (Å²) in [6.45, 7) is 0. The van der Waals surface area contributed by atoms with E-state index in [1.165, 1.54) is 0 Å². The maximum absolute atomic E-state index is 12.5. The Balaban J connectivity index is 1.96. The van der Waals surface area contributed by atoms with E-state index in [-0.39, 0.29) is 24.7 Å². The van der Waals surface area contributed by atoms with Gasteiger partial charge in [-0.1, -0.05) is 0 Å². The van der Waals surface area contributed by atoms with Crippen LogP contribution in [0.25, 0.3) is 0 Å². The highest BCUT2D eigenvalue weighted by Crippen LogP contribution is 2.57. The van der Waals surface area contributed by atoms with Crippen LogP contribution in [0.2, 0.25) is 0 Å². The quantitative estimate of drug-likeness (QED) is 0.588. The monoisotopic (exact) mass is 147 g/mol. The molecule has 2 fully saturated rings. The lowest BCUT2D eigenvalue weighted by Crippen LogP contribution is -2.22. The molecular formula is C7H11F2N. The minimum Gasteiger partial charge on any atom is -0.316 e.